The first-order valence-corrected chi connectivity index (χ1v) is 6.27. The zero-order chi connectivity index (χ0) is 13.1. The van der Waals surface area contributed by atoms with Gasteiger partial charge in [0.15, 0.2) is 0 Å². The van der Waals surface area contributed by atoms with Gasteiger partial charge in [0.25, 0.3) is 5.91 Å². The number of furan rings is 1. The molecule has 2 rings (SSSR count). The van der Waals surface area contributed by atoms with Crippen molar-refractivity contribution in [1.82, 2.24) is 4.90 Å². The number of nitrogens with zero attached hydrogens (tertiary/aromatic N) is 1. The molecule has 1 aliphatic heterocycles. The van der Waals surface area contributed by atoms with E-state index < -0.39 is 0 Å². The van der Waals surface area contributed by atoms with E-state index in [9.17, 15) is 4.79 Å². The number of hydrogen-bond acceptors (Lipinski definition) is 4. The quantitative estimate of drug-likeness (QED) is 0.875. The second-order valence-electron chi connectivity index (χ2n) is 4.57. The molecule has 2 unspecified atom stereocenters. The van der Waals surface area contributed by atoms with E-state index >= 15 is 0 Å². The van der Waals surface area contributed by atoms with Crippen LogP contribution >= 0.6 is 0 Å². The Morgan fingerprint density at radius 3 is 3.00 bits per heavy atom. The summed E-state index contributed by atoms with van der Waals surface area (Å²) in [5, 5.41) is 9.16. The van der Waals surface area contributed by atoms with E-state index in [2.05, 4.69) is 0 Å². The van der Waals surface area contributed by atoms with Crippen LogP contribution < -0.4 is 0 Å². The summed E-state index contributed by atoms with van der Waals surface area (Å²) in [7, 11) is 0. The highest BCUT2D eigenvalue weighted by Crippen LogP contribution is 2.18. The molecule has 0 saturated carbocycles. The molecule has 1 amide bonds. The number of carbonyl (C=O) groups excluding carboxylic acids is 1. The number of carbonyl (C=O) groups is 1. The minimum absolute atomic E-state index is 0.0470. The van der Waals surface area contributed by atoms with Gasteiger partial charge in [-0.25, -0.2) is 0 Å². The molecule has 0 radical (unpaired) electrons. The van der Waals surface area contributed by atoms with E-state index in [0.29, 0.717) is 30.8 Å². The van der Waals surface area contributed by atoms with Crippen molar-refractivity contribution >= 4 is 5.91 Å². The largest absolute Gasteiger partial charge is 0.469 e. The molecule has 1 N–H and O–H groups in total. The van der Waals surface area contributed by atoms with Gasteiger partial charge in [-0.3, -0.25) is 4.79 Å². The maximum atomic E-state index is 12.4. The Morgan fingerprint density at radius 2 is 2.33 bits per heavy atom. The molecule has 2 heterocycles. The summed E-state index contributed by atoms with van der Waals surface area (Å²) in [6.45, 7) is 4.75. The zero-order valence-corrected chi connectivity index (χ0v) is 10.8. The smallest absolute Gasteiger partial charge is 0.257 e. The summed E-state index contributed by atoms with van der Waals surface area (Å²) in [5.74, 6) is 0.661. The molecule has 5 heteroatoms. The van der Waals surface area contributed by atoms with Crippen LogP contribution in [0.15, 0.2) is 16.7 Å². The van der Waals surface area contributed by atoms with Crippen LogP contribution in [0.3, 0.4) is 0 Å². The molecule has 100 valence electrons. The van der Waals surface area contributed by atoms with E-state index in [0.717, 1.165) is 0 Å². The third kappa shape index (κ3) is 2.57. The molecule has 1 aromatic heterocycles. The number of rotatable bonds is 3. The number of aliphatic hydroxyl groups excluding tert-OH is 1. The van der Waals surface area contributed by atoms with Crippen LogP contribution in [0.4, 0.5) is 0 Å². The molecule has 0 bridgehead atoms. The summed E-state index contributed by atoms with van der Waals surface area (Å²) in [4.78, 5) is 14.1. The van der Waals surface area contributed by atoms with E-state index in [1.807, 2.05) is 13.8 Å². The van der Waals surface area contributed by atoms with Crippen molar-refractivity contribution in [3.05, 3.63) is 23.7 Å². The first kappa shape index (κ1) is 13.1. The van der Waals surface area contributed by atoms with Crippen molar-refractivity contribution in [2.24, 2.45) is 0 Å². The fourth-order valence-electron chi connectivity index (χ4n) is 2.29. The minimum Gasteiger partial charge on any atom is -0.469 e. The number of hydrogen-bond donors (Lipinski definition) is 1. The lowest BCUT2D eigenvalue weighted by molar-refractivity contribution is -0.0858. The van der Waals surface area contributed by atoms with Crippen molar-refractivity contribution in [2.75, 3.05) is 19.7 Å². The normalized spacial score (nSPS) is 24.3. The molecule has 1 saturated heterocycles. The highest BCUT2D eigenvalue weighted by Gasteiger charge is 2.29. The average molecular weight is 253 g/mol. The molecule has 5 nitrogen and oxygen atoms in total. The molecule has 18 heavy (non-hydrogen) atoms. The van der Waals surface area contributed by atoms with Gasteiger partial charge < -0.3 is 19.2 Å². The predicted molar refractivity (Wildman–Crippen MR) is 65.4 cm³/mol. The second-order valence-corrected chi connectivity index (χ2v) is 4.57. The monoisotopic (exact) mass is 253 g/mol. The fourth-order valence-corrected chi connectivity index (χ4v) is 2.29. The lowest BCUT2D eigenvalue weighted by atomic mass is 10.1. The number of aryl methyl sites for hydroxylation is 1. The van der Waals surface area contributed by atoms with Crippen LogP contribution in [-0.4, -0.2) is 47.8 Å². The maximum absolute atomic E-state index is 12.4. The Hall–Kier alpha value is -1.33. The van der Waals surface area contributed by atoms with E-state index in [4.69, 9.17) is 14.3 Å². The van der Waals surface area contributed by atoms with Crippen LogP contribution in [-0.2, 0) is 11.2 Å². The summed E-state index contributed by atoms with van der Waals surface area (Å²) in [6, 6.07) is 1.70. The first-order chi connectivity index (χ1) is 8.65. The van der Waals surface area contributed by atoms with E-state index in [1.165, 1.54) is 0 Å². The van der Waals surface area contributed by atoms with Crippen LogP contribution in [0.1, 0.15) is 30.0 Å². The van der Waals surface area contributed by atoms with E-state index in [1.54, 1.807) is 17.2 Å². The first-order valence-electron chi connectivity index (χ1n) is 6.27. The minimum atomic E-state index is -0.297. The van der Waals surface area contributed by atoms with Gasteiger partial charge in [-0.05, 0) is 13.0 Å². The molecule has 0 aromatic carbocycles. The summed E-state index contributed by atoms with van der Waals surface area (Å²) in [6.07, 6.45) is 1.88. The Labute approximate surface area is 106 Å². The van der Waals surface area contributed by atoms with E-state index in [-0.39, 0.29) is 24.7 Å². The summed E-state index contributed by atoms with van der Waals surface area (Å²) >= 11 is 0. The maximum Gasteiger partial charge on any atom is 0.257 e. The van der Waals surface area contributed by atoms with Crippen molar-refractivity contribution < 1.29 is 19.1 Å². The van der Waals surface area contributed by atoms with Crippen molar-refractivity contribution in [1.29, 1.82) is 0 Å². The van der Waals surface area contributed by atoms with Gasteiger partial charge in [0.2, 0.25) is 0 Å². The Balaban J connectivity index is 2.13. The van der Waals surface area contributed by atoms with Gasteiger partial charge in [0.05, 0.1) is 30.6 Å². The Morgan fingerprint density at radius 1 is 1.56 bits per heavy atom. The lowest BCUT2D eigenvalue weighted by Crippen LogP contribution is -2.50. The highest BCUT2D eigenvalue weighted by atomic mass is 16.5. The second kappa shape index (κ2) is 5.54. The average Bonchev–Trinajstić information content (AvgIpc) is 2.85. The standard InChI is InChI=1S/C13H19NO4/c1-3-12-11(4-5-17-12)13(16)14-6-9(2)18-10(7-14)8-15/h4-5,9-10,15H,3,6-8H2,1-2H3. The van der Waals surface area contributed by atoms with Crippen LogP contribution in [0.25, 0.3) is 0 Å². The third-order valence-corrected chi connectivity index (χ3v) is 3.11. The van der Waals surface area contributed by atoms with Gasteiger partial charge in [-0.1, -0.05) is 6.92 Å². The van der Waals surface area contributed by atoms with Crippen LogP contribution in [0.5, 0.6) is 0 Å². The predicted octanol–water partition coefficient (Wildman–Crippen LogP) is 1.06. The molecule has 0 aliphatic carbocycles. The summed E-state index contributed by atoms with van der Waals surface area (Å²) in [5.41, 5.74) is 0.614. The Bertz CT molecular complexity index is 415. The number of morpholine rings is 1. The third-order valence-electron chi connectivity index (χ3n) is 3.11. The topological polar surface area (TPSA) is 62.9 Å². The number of aliphatic hydroxyl groups is 1. The van der Waals surface area contributed by atoms with Gasteiger partial charge in [0, 0.05) is 19.5 Å². The zero-order valence-electron chi connectivity index (χ0n) is 10.8. The SMILES string of the molecule is CCc1occc1C(=O)N1CC(C)OC(CO)C1. The van der Waals surface area contributed by atoms with Crippen LogP contribution in [0, 0.1) is 0 Å². The molecular weight excluding hydrogens is 234 g/mol. The molecular formula is C13H19NO4. The van der Waals surface area contributed by atoms with Gasteiger partial charge >= 0.3 is 0 Å². The summed E-state index contributed by atoms with van der Waals surface area (Å²) < 4.78 is 10.8. The molecule has 2 atom stereocenters. The number of amides is 1. The molecule has 0 spiro atoms. The number of ether oxygens (including phenoxy) is 1. The van der Waals surface area contributed by atoms with Crippen molar-refractivity contribution in [3.8, 4) is 0 Å². The molecule has 1 aromatic rings. The van der Waals surface area contributed by atoms with Crippen molar-refractivity contribution in [3.63, 3.8) is 0 Å². The molecule has 1 fully saturated rings. The van der Waals surface area contributed by atoms with Crippen molar-refractivity contribution in [2.45, 2.75) is 32.5 Å². The van der Waals surface area contributed by atoms with Gasteiger partial charge in [-0.15, -0.1) is 0 Å². The fraction of sp³-hybridized carbons (Fsp3) is 0.615. The lowest BCUT2D eigenvalue weighted by Gasteiger charge is -2.36. The molecule has 1 aliphatic rings. The van der Waals surface area contributed by atoms with Gasteiger partial charge in [-0.2, -0.15) is 0 Å². The van der Waals surface area contributed by atoms with Crippen LogP contribution in [0.2, 0.25) is 0 Å². The Kier molecular flexibility index (Phi) is 4.04. The van der Waals surface area contributed by atoms with Gasteiger partial charge in [0.1, 0.15) is 5.76 Å². The highest BCUT2D eigenvalue weighted by molar-refractivity contribution is 5.95.